The van der Waals surface area contributed by atoms with Gasteiger partial charge >= 0.3 is 0 Å². The van der Waals surface area contributed by atoms with Gasteiger partial charge in [0.1, 0.15) is 17.0 Å². The second kappa shape index (κ2) is 9.06. The first-order chi connectivity index (χ1) is 16.8. The zero-order valence-electron chi connectivity index (χ0n) is 21.1. The van der Waals surface area contributed by atoms with Crippen LogP contribution >= 0.6 is 0 Å². The van der Waals surface area contributed by atoms with E-state index >= 15 is 0 Å². The Morgan fingerprint density at radius 3 is 2.43 bits per heavy atom. The molecule has 5 rings (SSSR count). The van der Waals surface area contributed by atoms with Crippen LogP contribution < -0.4 is 15.0 Å². The lowest BCUT2D eigenvalue weighted by atomic mass is 9.90. The fourth-order valence-electron chi connectivity index (χ4n) is 5.60. The van der Waals surface area contributed by atoms with Gasteiger partial charge in [0, 0.05) is 23.2 Å². The highest BCUT2D eigenvalue weighted by Crippen LogP contribution is 2.37. The number of benzene rings is 2. The van der Waals surface area contributed by atoms with Gasteiger partial charge in [0.05, 0.1) is 19.2 Å². The van der Waals surface area contributed by atoms with Crippen molar-refractivity contribution in [2.24, 2.45) is 0 Å². The number of amides is 2. The Morgan fingerprint density at radius 2 is 1.77 bits per heavy atom. The number of aromatic nitrogens is 1. The van der Waals surface area contributed by atoms with E-state index in [2.05, 4.69) is 31.3 Å². The second-order valence-electron chi connectivity index (χ2n) is 10.5. The normalized spacial score (nSPS) is 20.8. The minimum atomic E-state index is -1.07. The van der Waals surface area contributed by atoms with Gasteiger partial charge in [-0.25, -0.2) is 0 Å². The smallest absolute Gasteiger partial charge is 0.275 e. The summed E-state index contributed by atoms with van der Waals surface area (Å²) in [6.45, 7) is 6.56. The van der Waals surface area contributed by atoms with Crippen molar-refractivity contribution >= 4 is 28.4 Å². The van der Waals surface area contributed by atoms with Crippen LogP contribution in [0.1, 0.15) is 74.8 Å². The van der Waals surface area contributed by atoms with Crippen molar-refractivity contribution < 1.29 is 14.3 Å². The molecule has 1 atom stereocenters. The van der Waals surface area contributed by atoms with Crippen molar-refractivity contribution in [1.29, 1.82) is 0 Å². The molecule has 1 fully saturated rings. The van der Waals surface area contributed by atoms with E-state index in [1.165, 1.54) is 12.0 Å². The van der Waals surface area contributed by atoms with E-state index in [0.29, 0.717) is 18.2 Å². The van der Waals surface area contributed by atoms with Crippen LogP contribution in [0.25, 0.3) is 10.9 Å². The third kappa shape index (κ3) is 4.09. The summed E-state index contributed by atoms with van der Waals surface area (Å²) in [6.07, 6.45) is 5.47. The number of nitrogens with one attached hydrogen (secondary N) is 1. The molecular formula is C29H35N3O3. The number of hydrogen-bond donors (Lipinski definition) is 1. The highest BCUT2D eigenvalue weighted by molar-refractivity contribution is 6.14. The van der Waals surface area contributed by atoms with Crippen molar-refractivity contribution in [3.63, 3.8) is 0 Å². The van der Waals surface area contributed by atoms with Crippen LogP contribution in [0.5, 0.6) is 5.75 Å². The molecule has 0 saturated heterocycles. The molecule has 2 heterocycles. The molecule has 1 saturated carbocycles. The van der Waals surface area contributed by atoms with Gasteiger partial charge in [0.15, 0.2) is 0 Å². The Kier molecular flexibility index (Phi) is 6.07. The number of methoxy groups -OCH3 is 1. The van der Waals surface area contributed by atoms with E-state index in [0.717, 1.165) is 48.0 Å². The number of rotatable bonds is 5. The maximum absolute atomic E-state index is 14.1. The molecular weight excluding hydrogens is 438 g/mol. The topological polar surface area (TPSA) is 63.6 Å². The predicted octanol–water partition coefficient (Wildman–Crippen LogP) is 5.64. The molecule has 1 N–H and O–H groups in total. The van der Waals surface area contributed by atoms with Crippen molar-refractivity contribution in [1.82, 2.24) is 9.88 Å². The average Bonchev–Trinajstić information content (AvgIpc) is 3.22. The Hall–Kier alpha value is -3.28. The van der Waals surface area contributed by atoms with Gasteiger partial charge in [0.25, 0.3) is 5.91 Å². The first kappa shape index (κ1) is 23.5. The van der Waals surface area contributed by atoms with E-state index < -0.39 is 5.54 Å². The molecule has 1 aliphatic carbocycles. The number of nitrogens with zero attached hydrogens (tertiary/aromatic N) is 2. The lowest BCUT2D eigenvalue weighted by Gasteiger charge is -2.44. The number of hydrogen-bond acceptors (Lipinski definition) is 3. The minimum absolute atomic E-state index is 0.0962. The van der Waals surface area contributed by atoms with Gasteiger partial charge in [-0.05, 0) is 61.6 Å². The summed E-state index contributed by atoms with van der Waals surface area (Å²) in [5, 5.41) is 4.26. The number of carbonyl (C=O) groups is 2. The zero-order chi connectivity index (χ0) is 24.7. The number of fused-ring (bicyclic) bond motifs is 3. The first-order valence-corrected chi connectivity index (χ1v) is 12.7. The maximum Gasteiger partial charge on any atom is 0.275 e. The molecule has 184 valence electrons. The number of anilines is 1. The van der Waals surface area contributed by atoms with Gasteiger partial charge in [-0.2, -0.15) is 0 Å². The highest BCUT2D eigenvalue weighted by Gasteiger charge is 2.49. The molecule has 6 nitrogen and oxygen atoms in total. The van der Waals surface area contributed by atoms with Gasteiger partial charge in [-0.3, -0.25) is 14.5 Å². The summed E-state index contributed by atoms with van der Waals surface area (Å²) < 4.78 is 7.43. The molecule has 1 aliphatic heterocycles. The SMILES string of the molecule is COc1ccc2cc3n(c2c1)CC(C)(C(=O)NC1CCCCC1)N(c1ccc(C(C)C)cc1)C3=O. The predicted molar refractivity (Wildman–Crippen MR) is 139 cm³/mol. The zero-order valence-corrected chi connectivity index (χ0v) is 21.1. The van der Waals surface area contributed by atoms with Crippen molar-refractivity contribution in [3.05, 3.63) is 59.8 Å². The van der Waals surface area contributed by atoms with Gasteiger partial charge in [0.2, 0.25) is 5.91 Å². The fourth-order valence-corrected chi connectivity index (χ4v) is 5.60. The molecule has 2 aliphatic rings. The van der Waals surface area contributed by atoms with Crippen molar-refractivity contribution in [2.75, 3.05) is 12.0 Å². The lowest BCUT2D eigenvalue weighted by Crippen LogP contribution is -2.65. The molecule has 3 aromatic rings. The summed E-state index contributed by atoms with van der Waals surface area (Å²) in [7, 11) is 1.64. The summed E-state index contributed by atoms with van der Waals surface area (Å²) in [4.78, 5) is 29.7. The monoisotopic (exact) mass is 473 g/mol. The molecule has 35 heavy (non-hydrogen) atoms. The van der Waals surface area contributed by atoms with Gasteiger partial charge in [-0.1, -0.05) is 45.2 Å². The molecule has 2 amide bonds. The third-order valence-electron chi connectivity index (χ3n) is 7.74. The molecule has 0 bridgehead atoms. The molecule has 0 spiro atoms. The van der Waals surface area contributed by atoms with Gasteiger partial charge < -0.3 is 14.6 Å². The van der Waals surface area contributed by atoms with Crippen LogP contribution in [0.3, 0.4) is 0 Å². The van der Waals surface area contributed by atoms with Crippen LogP contribution in [0.15, 0.2) is 48.5 Å². The largest absolute Gasteiger partial charge is 0.497 e. The molecule has 6 heteroatoms. The summed E-state index contributed by atoms with van der Waals surface area (Å²) in [5.74, 6) is 0.858. The first-order valence-electron chi connectivity index (χ1n) is 12.7. The van der Waals surface area contributed by atoms with E-state index in [1.807, 2.05) is 47.9 Å². The number of ether oxygens (including phenoxy) is 1. The van der Waals surface area contributed by atoms with Crippen molar-refractivity contribution in [2.45, 2.75) is 76.9 Å². The summed E-state index contributed by atoms with van der Waals surface area (Å²) in [5.41, 5.74) is 2.36. The Bertz CT molecular complexity index is 1250. The van der Waals surface area contributed by atoms with Crippen molar-refractivity contribution in [3.8, 4) is 5.75 Å². The van der Waals surface area contributed by atoms with Crippen LogP contribution in [-0.4, -0.2) is 35.1 Å². The van der Waals surface area contributed by atoms with E-state index in [1.54, 1.807) is 12.0 Å². The van der Waals surface area contributed by atoms with Crippen LogP contribution in [0.4, 0.5) is 5.69 Å². The quantitative estimate of drug-likeness (QED) is 0.521. The summed E-state index contributed by atoms with van der Waals surface area (Å²) in [6, 6.07) is 16.0. The summed E-state index contributed by atoms with van der Waals surface area (Å²) >= 11 is 0. The van der Waals surface area contributed by atoms with E-state index in [4.69, 9.17) is 4.74 Å². The highest BCUT2D eigenvalue weighted by atomic mass is 16.5. The lowest BCUT2D eigenvalue weighted by molar-refractivity contribution is -0.127. The third-order valence-corrected chi connectivity index (χ3v) is 7.74. The standard InChI is InChI=1S/C29H35N3O3/c1-19(2)20-10-13-23(14-11-20)32-27(33)26-16-21-12-15-24(35-4)17-25(21)31(26)18-29(32,3)28(34)30-22-8-6-5-7-9-22/h10-17,19,22H,5-9,18H2,1-4H3,(H,30,34). The average molecular weight is 474 g/mol. The van der Waals surface area contributed by atoms with E-state index in [9.17, 15) is 9.59 Å². The van der Waals surface area contributed by atoms with Crippen LogP contribution in [0, 0.1) is 0 Å². The Morgan fingerprint density at radius 1 is 1.06 bits per heavy atom. The van der Waals surface area contributed by atoms with Crippen LogP contribution in [-0.2, 0) is 11.3 Å². The van der Waals surface area contributed by atoms with E-state index in [-0.39, 0.29) is 17.9 Å². The molecule has 2 aromatic carbocycles. The molecule has 0 radical (unpaired) electrons. The number of carbonyl (C=O) groups excluding carboxylic acids is 2. The molecule has 1 unspecified atom stereocenters. The fraction of sp³-hybridized carbons (Fsp3) is 0.448. The maximum atomic E-state index is 14.1. The Balaban J connectivity index is 1.61. The van der Waals surface area contributed by atoms with Gasteiger partial charge in [-0.15, -0.1) is 0 Å². The second-order valence-corrected chi connectivity index (χ2v) is 10.5. The Labute approximate surface area is 207 Å². The molecule has 1 aromatic heterocycles. The minimum Gasteiger partial charge on any atom is -0.497 e. The van der Waals surface area contributed by atoms with Crippen LogP contribution in [0.2, 0.25) is 0 Å².